The Balaban J connectivity index is 1.95. The second-order valence-electron chi connectivity index (χ2n) is 5.23. The van der Waals surface area contributed by atoms with E-state index in [1.54, 1.807) is 6.07 Å². The highest BCUT2D eigenvalue weighted by molar-refractivity contribution is 7.83. The Morgan fingerprint density at radius 1 is 1.38 bits per heavy atom. The van der Waals surface area contributed by atoms with Crippen molar-refractivity contribution in [3.8, 4) is 0 Å². The number of nitrogens with zero attached hydrogens (tertiary/aromatic N) is 1. The molecule has 114 valence electrons. The van der Waals surface area contributed by atoms with E-state index >= 15 is 0 Å². The van der Waals surface area contributed by atoms with E-state index in [1.165, 1.54) is 30.5 Å². The van der Waals surface area contributed by atoms with Crippen LogP contribution in [0, 0.1) is 17.0 Å². The summed E-state index contributed by atoms with van der Waals surface area (Å²) in [5, 5.41) is 10.8. The molecule has 0 amide bonds. The molecule has 0 heterocycles. The van der Waals surface area contributed by atoms with Crippen LogP contribution in [0.2, 0.25) is 0 Å². The molecule has 1 unspecified atom stereocenters. The minimum atomic E-state index is -1.41. The van der Waals surface area contributed by atoms with Crippen LogP contribution in [-0.2, 0) is 11.0 Å². The minimum absolute atomic E-state index is 0.0271. The second-order valence-corrected chi connectivity index (χ2v) is 6.49. The van der Waals surface area contributed by atoms with Crippen LogP contribution in [0.25, 0.3) is 0 Å². The zero-order chi connectivity index (χ0) is 15.2. The topological polar surface area (TPSA) is 72.2 Å². The molecule has 0 radical (unpaired) electrons. The quantitative estimate of drug-likeness (QED) is 0.497. The Hall–Kier alpha value is -1.53. The van der Waals surface area contributed by atoms with Gasteiger partial charge in [0.15, 0.2) is 0 Å². The van der Waals surface area contributed by atoms with Crippen molar-refractivity contribution in [1.82, 2.24) is 4.72 Å². The molecule has 1 atom stereocenters. The van der Waals surface area contributed by atoms with Crippen molar-refractivity contribution < 1.29 is 9.13 Å². The van der Waals surface area contributed by atoms with E-state index < -0.39 is 15.9 Å². The Labute approximate surface area is 127 Å². The molecule has 1 aromatic rings. The first-order valence-electron chi connectivity index (χ1n) is 7.16. The standard InChI is InChI=1S/C15H20N2O3S/c1-12-7-8-14(17(18)19)11-15(12)21(20)16-10-9-13-5-3-2-4-6-13/h5,7-8,11,16H,2-4,6,9-10H2,1H3. The van der Waals surface area contributed by atoms with E-state index in [-0.39, 0.29) is 5.69 Å². The average molecular weight is 308 g/mol. The largest absolute Gasteiger partial charge is 0.270 e. The third-order valence-corrected chi connectivity index (χ3v) is 4.95. The molecule has 21 heavy (non-hydrogen) atoms. The number of non-ortho nitro benzene ring substituents is 1. The van der Waals surface area contributed by atoms with Crippen LogP contribution < -0.4 is 4.72 Å². The minimum Gasteiger partial charge on any atom is -0.258 e. The molecule has 1 aromatic carbocycles. The molecule has 0 spiro atoms. The number of allylic oxidation sites excluding steroid dienone is 1. The van der Waals surface area contributed by atoms with Gasteiger partial charge in [0.1, 0.15) is 11.0 Å². The fourth-order valence-electron chi connectivity index (χ4n) is 2.42. The fourth-order valence-corrected chi connectivity index (χ4v) is 3.45. The maximum absolute atomic E-state index is 12.2. The van der Waals surface area contributed by atoms with Gasteiger partial charge in [-0.05, 0) is 44.6 Å². The third kappa shape index (κ3) is 4.47. The molecule has 0 aromatic heterocycles. The summed E-state index contributed by atoms with van der Waals surface area (Å²) in [6.45, 7) is 2.43. The molecule has 1 aliphatic rings. The molecule has 0 saturated heterocycles. The third-order valence-electron chi connectivity index (χ3n) is 3.65. The molecule has 6 heteroatoms. The van der Waals surface area contributed by atoms with Gasteiger partial charge in [-0.15, -0.1) is 0 Å². The number of rotatable bonds is 6. The van der Waals surface area contributed by atoms with Gasteiger partial charge in [0.2, 0.25) is 0 Å². The van der Waals surface area contributed by atoms with Gasteiger partial charge < -0.3 is 0 Å². The molecule has 0 bridgehead atoms. The highest BCUT2D eigenvalue weighted by Gasteiger charge is 2.13. The Morgan fingerprint density at radius 3 is 2.86 bits per heavy atom. The lowest BCUT2D eigenvalue weighted by Crippen LogP contribution is -2.20. The monoisotopic (exact) mass is 308 g/mol. The number of nitro benzene ring substituents is 1. The summed E-state index contributed by atoms with van der Waals surface area (Å²) < 4.78 is 15.2. The van der Waals surface area contributed by atoms with Gasteiger partial charge in [-0.3, -0.25) is 10.1 Å². The van der Waals surface area contributed by atoms with E-state index in [1.807, 2.05) is 6.92 Å². The number of hydrogen-bond donors (Lipinski definition) is 1. The van der Waals surface area contributed by atoms with E-state index in [2.05, 4.69) is 10.8 Å². The summed E-state index contributed by atoms with van der Waals surface area (Å²) in [5.74, 6) is 0. The lowest BCUT2D eigenvalue weighted by atomic mass is 9.97. The molecule has 0 fully saturated rings. The van der Waals surface area contributed by atoms with Crippen molar-refractivity contribution in [2.75, 3.05) is 6.54 Å². The lowest BCUT2D eigenvalue weighted by molar-refractivity contribution is -0.385. The number of hydrogen-bond acceptors (Lipinski definition) is 3. The summed E-state index contributed by atoms with van der Waals surface area (Å²) >= 11 is 0. The van der Waals surface area contributed by atoms with Crippen LogP contribution in [0.15, 0.2) is 34.7 Å². The van der Waals surface area contributed by atoms with Gasteiger partial charge in [0.05, 0.1) is 9.82 Å². The van der Waals surface area contributed by atoms with Crippen molar-refractivity contribution in [3.05, 3.63) is 45.5 Å². The van der Waals surface area contributed by atoms with Crippen molar-refractivity contribution in [2.24, 2.45) is 0 Å². The van der Waals surface area contributed by atoms with E-state index in [9.17, 15) is 14.3 Å². The molecular formula is C15H20N2O3S. The summed E-state index contributed by atoms with van der Waals surface area (Å²) in [5.41, 5.74) is 2.19. The summed E-state index contributed by atoms with van der Waals surface area (Å²) in [7, 11) is -1.41. The first-order valence-corrected chi connectivity index (χ1v) is 8.31. The zero-order valence-electron chi connectivity index (χ0n) is 12.1. The number of nitro groups is 1. The van der Waals surface area contributed by atoms with Gasteiger partial charge in [0, 0.05) is 18.7 Å². The highest BCUT2D eigenvalue weighted by atomic mass is 32.2. The fraction of sp³-hybridized carbons (Fsp3) is 0.467. The van der Waals surface area contributed by atoms with Gasteiger partial charge in [-0.2, -0.15) is 0 Å². The van der Waals surface area contributed by atoms with Crippen molar-refractivity contribution in [2.45, 2.75) is 43.9 Å². The summed E-state index contributed by atoms with van der Waals surface area (Å²) in [6, 6.07) is 4.46. The normalized spacial score (nSPS) is 16.3. The molecule has 5 nitrogen and oxygen atoms in total. The molecule has 0 saturated carbocycles. The van der Waals surface area contributed by atoms with Gasteiger partial charge >= 0.3 is 0 Å². The van der Waals surface area contributed by atoms with Gasteiger partial charge in [0.25, 0.3) is 5.69 Å². The first-order chi connectivity index (χ1) is 10.1. The number of benzene rings is 1. The summed E-state index contributed by atoms with van der Waals surface area (Å²) in [4.78, 5) is 10.8. The smallest absolute Gasteiger partial charge is 0.258 e. The Kier molecular flexibility index (Phi) is 5.64. The van der Waals surface area contributed by atoms with Crippen molar-refractivity contribution in [3.63, 3.8) is 0 Å². The molecule has 2 rings (SSSR count). The SMILES string of the molecule is Cc1ccc([N+](=O)[O-])cc1S(=O)NCCC1=CCCCC1. The molecule has 0 aliphatic heterocycles. The van der Waals surface area contributed by atoms with Crippen molar-refractivity contribution in [1.29, 1.82) is 0 Å². The Bertz CT molecular complexity index is 584. The summed E-state index contributed by atoms with van der Waals surface area (Å²) in [6.07, 6.45) is 7.92. The highest BCUT2D eigenvalue weighted by Crippen LogP contribution is 2.21. The Morgan fingerprint density at radius 2 is 2.19 bits per heavy atom. The predicted molar refractivity (Wildman–Crippen MR) is 83.4 cm³/mol. The van der Waals surface area contributed by atoms with Crippen molar-refractivity contribution >= 4 is 16.7 Å². The lowest BCUT2D eigenvalue weighted by Gasteiger charge is -2.13. The predicted octanol–water partition coefficient (Wildman–Crippen LogP) is 3.41. The first kappa shape index (κ1) is 15.9. The average Bonchev–Trinajstić information content (AvgIpc) is 2.48. The zero-order valence-corrected chi connectivity index (χ0v) is 12.9. The molecular weight excluding hydrogens is 288 g/mol. The number of aryl methyl sites for hydroxylation is 1. The van der Waals surface area contributed by atoms with Crippen LogP contribution in [-0.4, -0.2) is 15.7 Å². The van der Waals surface area contributed by atoms with E-state index in [0.29, 0.717) is 11.4 Å². The number of nitrogens with one attached hydrogen (secondary N) is 1. The second kappa shape index (κ2) is 7.47. The van der Waals surface area contributed by atoms with Crippen LogP contribution >= 0.6 is 0 Å². The maximum atomic E-state index is 12.2. The van der Waals surface area contributed by atoms with E-state index in [4.69, 9.17) is 0 Å². The van der Waals surface area contributed by atoms with Gasteiger partial charge in [-0.25, -0.2) is 8.93 Å². The molecule has 1 aliphatic carbocycles. The maximum Gasteiger partial charge on any atom is 0.270 e. The molecule has 1 N–H and O–H groups in total. The van der Waals surface area contributed by atoms with Crippen LogP contribution in [0.1, 0.15) is 37.7 Å². The van der Waals surface area contributed by atoms with Crippen LogP contribution in [0.3, 0.4) is 0 Å². The van der Waals surface area contributed by atoms with Crippen LogP contribution in [0.5, 0.6) is 0 Å². The van der Waals surface area contributed by atoms with Gasteiger partial charge in [-0.1, -0.05) is 17.7 Å². The van der Waals surface area contributed by atoms with E-state index in [0.717, 1.165) is 24.8 Å². The van der Waals surface area contributed by atoms with Crippen LogP contribution in [0.4, 0.5) is 5.69 Å².